The van der Waals surface area contributed by atoms with E-state index in [-0.39, 0.29) is 11.6 Å². The number of hydrogen-bond donors (Lipinski definition) is 1. The third-order valence-electron chi connectivity index (χ3n) is 4.50. The number of nitrogens with zero attached hydrogens (tertiary/aromatic N) is 3. The molecule has 2 aromatic heterocycles. The van der Waals surface area contributed by atoms with E-state index in [9.17, 15) is 4.79 Å². The summed E-state index contributed by atoms with van der Waals surface area (Å²) in [5.74, 6) is 2.90. The fourth-order valence-electron chi connectivity index (χ4n) is 2.77. The van der Waals surface area contributed by atoms with Gasteiger partial charge in [0.2, 0.25) is 5.88 Å². The molecule has 0 unspecified atom stereocenters. The Hall–Kier alpha value is -3.19. The second-order valence-electron chi connectivity index (χ2n) is 6.70. The Kier molecular flexibility index (Phi) is 5.31. The van der Waals surface area contributed by atoms with Crippen molar-refractivity contribution >= 4 is 17.5 Å². The maximum atomic E-state index is 11.8. The third kappa shape index (κ3) is 4.46. The van der Waals surface area contributed by atoms with Crippen LogP contribution in [0.15, 0.2) is 42.6 Å². The van der Waals surface area contributed by atoms with Crippen LogP contribution in [0, 0.1) is 6.92 Å². The number of carbonyl (C=O) groups excluding carboxylic acids is 1. The average molecular weight is 411 g/mol. The van der Waals surface area contributed by atoms with Gasteiger partial charge in [-0.2, -0.15) is 4.98 Å². The standard InChI is InChI=1S/C21H19ClN4O3/c1-12-16(28-14-8-9-24-15(10-14)21(27)23-2)4-3-5-17(12)29-19-11-18(22)25-20(26-19)13-6-7-13/h3-5,8-11,13H,6-7H2,1-2H3,(H,23,27). The molecule has 2 heterocycles. The van der Waals surface area contributed by atoms with Gasteiger partial charge in [-0.25, -0.2) is 4.98 Å². The molecule has 148 valence electrons. The van der Waals surface area contributed by atoms with Crippen molar-refractivity contribution in [2.24, 2.45) is 0 Å². The summed E-state index contributed by atoms with van der Waals surface area (Å²) in [6.07, 6.45) is 3.68. The Bertz CT molecular complexity index is 1070. The Balaban J connectivity index is 1.57. The van der Waals surface area contributed by atoms with Gasteiger partial charge in [0.25, 0.3) is 5.91 Å². The minimum atomic E-state index is -0.281. The summed E-state index contributed by atoms with van der Waals surface area (Å²) in [5.41, 5.74) is 1.06. The molecule has 1 N–H and O–H groups in total. The Labute approximate surface area is 173 Å². The van der Waals surface area contributed by atoms with Crippen LogP contribution >= 0.6 is 11.6 Å². The molecule has 3 aromatic rings. The number of aromatic nitrogens is 3. The zero-order valence-electron chi connectivity index (χ0n) is 16.0. The van der Waals surface area contributed by atoms with Crippen molar-refractivity contribution in [1.82, 2.24) is 20.3 Å². The molecule has 7 nitrogen and oxygen atoms in total. The van der Waals surface area contributed by atoms with E-state index in [0.717, 1.165) is 24.2 Å². The topological polar surface area (TPSA) is 86.2 Å². The van der Waals surface area contributed by atoms with E-state index in [0.29, 0.717) is 34.2 Å². The molecule has 1 aliphatic carbocycles. The molecule has 1 aromatic carbocycles. The number of rotatable bonds is 6. The van der Waals surface area contributed by atoms with Gasteiger partial charge in [-0.05, 0) is 38.0 Å². The van der Waals surface area contributed by atoms with E-state index in [1.54, 1.807) is 25.2 Å². The molecule has 8 heteroatoms. The van der Waals surface area contributed by atoms with Crippen molar-refractivity contribution in [2.75, 3.05) is 7.05 Å². The average Bonchev–Trinajstić information content (AvgIpc) is 3.56. The molecule has 1 fully saturated rings. The van der Waals surface area contributed by atoms with E-state index < -0.39 is 0 Å². The fourth-order valence-corrected chi connectivity index (χ4v) is 2.95. The number of pyridine rings is 1. The maximum absolute atomic E-state index is 11.8. The lowest BCUT2D eigenvalue weighted by molar-refractivity contribution is 0.0958. The van der Waals surface area contributed by atoms with Gasteiger partial charge in [-0.15, -0.1) is 0 Å². The predicted octanol–water partition coefficient (Wildman–Crippen LogP) is 4.66. The molecule has 0 aliphatic heterocycles. The first-order chi connectivity index (χ1) is 14.0. The molecule has 4 rings (SSSR count). The summed E-state index contributed by atoms with van der Waals surface area (Å²) in [6, 6.07) is 10.3. The summed E-state index contributed by atoms with van der Waals surface area (Å²) in [5, 5.41) is 2.90. The molecule has 29 heavy (non-hydrogen) atoms. The maximum Gasteiger partial charge on any atom is 0.269 e. The van der Waals surface area contributed by atoms with Gasteiger partial charge in [0.1, 0.15) is 33.9 Å². The highest BCUT2D eigenvalue weighted by molar-refractivity contribution is 6.29. The lowest BCUT2D eigenvalue weighted by Gasteiger charge is -2.13. The largest absolute Gasteiger partial charge is 0.457 e. The van der Waals surface area contributed by atoms with Crippen molar-refractivity contribution in [3.8, 4) is 23.1 Å². The molecule has 1 aliphatic rings. The third-order valence-corrected chi connectivity index (χ3v) is 4.69. The molecule has 1 amide bonds. The lowest BCUT2D eigenvalue weighted by atomic mass is 10.2. The van der Waals surface area contributed by atoms with Gasteiger partial charge >= 0.3 is 0 Å². The highest BCUT2D eigenvalue weighted by Gasteiger charge is 2.27. The summed E-state index contributed by atoms with van der Waals surface area (Å²) in [6.45, 7) is 1.89. The quantitative estimate of drug-likeness (QED) is 0.595. The van der Waals surface area contributed by atoms with Gasteiger partial charge < -0.3 is 14.8 Å². The Morgan fingerprint density at radius 3 is 2.62 bits per heavy atom. The number of carbonyl (C=O) groups is 1. The molecule has 1 saturated carbocycles. The van der Waals surface area contributed by atoms with E-state index in [4.69, 9.17) is 21.1 Å². The van der Waals surface area contributed by atoms with Crippen LogP contribution < -0.4 is 14.8 Å². The van der Waals surface area contributed by atoms with E-state index >= 15 is 0 Å². The zero-order valence-corrected chi connectivity index (χ0v) is 16.7. The Morgan fingerprint density at radius 1 is 1.14 bits per heavy atom. The van der Waals surface area contributed by atoms with Gasteiger partial charge in [-0.3, -0.25) is 9.78 Å². The van der Waals surface area contributed by atoms with Gasteiger partial charge in [0.05, 0.1) is 0 Å². The van der Waals surface area contributed by atoms with Crippen LogP contribution in [-0.2, 0) is 0 Å². The molecule has 0 bridgehead atoms. The minimum absolute atomic E-state index is 0.276. The van der Waals surface area contributed by atoms with Gasteiger partial charge in [-0.1, -0.05) is 17.7 Å². The first-order valence-electron chi connectivity index (χ1n) is 9.21. The summed E-state index contributed by atoms with van der Waals surface area (Å²) < 4.78 is 11.9. The van der Waals surface area contributed by atoms with Crippen LogP contribution in [0.2, 0.25) is 5.15 Å². The molecular weight excluding hydrogens is 392 g/mol. The van der Waals surface area contributed by atoms with Crippen LogP contribution in [0.3, 0.4) is 0 Å². The second-order valence-corrected chi connectivity index (χ2v) is 7.09. The summed E-state index contributed by atoms with van der Waals surface area (Å²) >= 11 is 6.12. The fraction of sp³-hybridized carbons (Fsp3) is 0.238. The molecular formula is C21H19ClN4O3. The molecule has 0 saturated heterocycles. The highest BCUT2D eigenvalue weighted by Crippen LogP contribution is 2.40. The first-order valence-corrected chi connectivity index (χ1v) is 9.59. The van der Waals surface area contributed by atoms with Crippen molar-refractivity contribution < 1.29 is 14.3 Å². The van der Waals surface area contributed by atoms with Gasteiger partial charge in [0.15, 0.2) is 0 Å². The summed E-state index contributed by atoms with van der Waals surface area (Å²) in [7, 11) is 1.55. The molecule has 0 spiro atoms. The predicted molar refractivity (Wildman–Crippen MR) is 108 cm³/mol. The number of hydrogen-bond acceptors (Lipinski definition) is 6. The normalized spacial score (nSPS) is 13.1. The molecule has 0 radical (unpaired) electrons. The van der Waals surface area contributed by atoms with Crippen molar-refractivity contribution in [1.29, 1.82) is 0 Å². The van der Waals surface area contributed by atoms with Crippen molar-refractivity contribution in [2.45, 2.75) is 25.7 Å². The zero-order chi connectivity index (χ0) is 20.4. The number of ether oxygens (including phenoxy) is 2. The number of amides is 1. The SMILES string of the molecule is CNC(=O)c1cc(Oc2cccc(Oc3cc(Cl)nc(C4CC4)n3)c2C)ccn1. The van der Waals surface area contributed by atoms with Crippen LogP contribution in [0.5, 0.6) is 23.1 Å². The number of nitrogens with one attached hydrogen (secondary N) is 1. The summed E-state index contributed by atoms with van der Waals surface area (Å²) in [4.78, 5) is 24.6. The van der Waals surface area contributed by atoms with Crippen LogP contribution in [0.1, 0.15) is 40.6 Å². The van der Waals surface area contributed by atoms with E-state index in [2.05, 4.69) is 20.3 Å². The van der Waals surface area contributed by atoms with Crippen molar-refractivity contribution in [3.05, 3.63) is 64.8 Å². The highest BCUT2D eigenvalue weighted by atomic mass is 35.5. The monoisotopic (exact) mass is 410 g/mol. The minimum Gasteiger partial charge on any atom is -0.457 e. The van der Waals surface area contributed by atoms with Crippen LogP contribution in [0.4, 0.5) is 0 Å². The van der Waals surface area contributed by atoms with E-state index in [1.807, 2.05) is 25.1 Å². The lowest BCUT2D eigenvalue weighted by Crippen LogP contribution is -2.18. The first kappa shape index (κ1) is 19.1. The van der Waals surface area contributed by atoms with Crippen molar-refractivity contribution in [3.63, 3.8) is 0 Å². The van der Waals surface area contributed by atoms with Crippen LogP contribution in [-0.4, -0.2) is 27.9 Å². The number of benzene rings is 1. The number of halogens is 1. The van der Waals surface area contributed by atoms with Crippen LogP contribution in [0.25, 0.3) is 0 Å². The molecule has 0 atom stereocenters. The Morgan fingerprint density at radius 2 is 1.90 bits per heavy atom. The van der Waals surface area contributed by atoms with E-state index in [1.165, 1.54) is 6.20 Å². The second kappa shape index (κ2) is 8.05. The van der Waals surface area contributed by atoms with Gasteiger partial charge in [0, 0.05) is 36.9 Å². The smallest absolute Gasteiger partial charge is 0.269 e.